The minimum atomic E-state index is -0.231. The Labute approximate surface area is 246 Å². The lowest BCUT2D eigenvalue weighted by atomic mass is 9.69. The molecule has 0 unspecified atom stereocenters. The molecule has 3 aliphatic rings. The molecule has 40 heavy (non-hydrogen) atoms. The number of aromatic nitrogens is 1. The van der Waals surface area contributed by atoms with Crippen LogP contribution in [0, 0.1) is 17.7 Å². The molecule has 8 heteroatoms. The standard InChI is InChI=1S/C32H38Cl2FN3O2/c1-40-31(39)11-3-10-29-24-7-5-15-36-14-4-6-21(32(24)36)17-37(29)18-22-19-38(30-13-12-23(35)16-25(22)30)20-26-27(33)8-2-9-28(26)34/h2,8-9,12-13,16,19,21,24,29,32H,3-7,10-11,14-15,17-18,20H2,1H3/t21-,24-,29-,32+/m1/s1. The minimum absolute atomic E-state index is 0.139. The van der Waals surface area contributed by atoms with Gasteiger partial charge in [-0.25, -0.2) is 4.39 Å². The van der Waals surface area contributed by atoms with Gasteiger partial charge < -0.3 is 9.30 Å². The number of fused-ring (bicyclic) bond motifs is 1. The van der Waals surface area contributed by atoms with Gasteiger partial charge in [0.25, 0.3) is 0 Å². The van der Waals surface area contributed by atoms with Crippen LogP contribution in [0.25, 0.3) is 10.9 Å². The molecule has 3 saturated heterocycles. The molecule has 4 heterocycles. The van der Waals surface area contributed by atoms with E-state index in [9.17, 15) is 9.18 Å². The first-order valence-electron chi connectivity index (χ1n) is 14.7. The Morgan fingerprint density at radius 3 is 2.62 bits per heavy atom. The molecular weight excluding hydrogens is 548 g/mol. The quantitative estimate of drug-likeness (QED) is 0.263. The average molecular weight is 587 g/mol. The number of halogens is 3. The van der Waals surface area contributed by atoms with Gasteiger partial charge in [0.2, 0.25) is 0 Å². The molecule has 1 aromatic heterocycles. The van der Waals surface area contributed by atoms with Crippen LogP contribution in [0.4, 0.5) is 4.39 Å². The molecule has 214 valence electrons. The van der Waals surface area contributed by atoms with Crippen LogP contribution < -0.4 is 0 Å². The van der Waals surface area contributed by atoms with Crippen LogP contribution in [0.1, 0.15) is 56.1 Å². The number of nitrogens with zero attached hydrogens (tertiary/aromatic N) is 3. The lowest BCUT2D eigenvalue weighted by molar-refractivity contribution is -0.141. The number of hydrogen-bond acceptors (Lipinski definition) is 4. The normalized spacial score (nSPS) is 25.2. The zero-order valence-electron chi connectivity index (χ0n) is 23.1. The van der Waals surface area contributed by atoms with Crippen molar-refractivity contribution in [1.29, 1.82) is 0 Å². The second kappa shape index (κ2) is 12.0. The first-order valence-corrected chi connectivity index (χ1v) is 15.4. The number of methoxy groups -OCH3 is 1. The van der Waals surface area contributed by atoms with Crippen molar-refractivity contribution in [3.63, 3.8) is 0 Å². The van der Waals surface area contributed by atoms with Crippen molar-refractivity contribution >= 4 is 40.1 Å². The summed E-state index contributed by atoms with van der Waals surface area (Å²) in [5.41, 5.74) is 2.97. The summed E-state index contributed by atoms with van der Waals surface area (Å²) >= 11 is 13.1. The van der Waals surface area contributed by atoms with Crippen molar-refractivity contribution in [3.05, 3.63) is 69.6 Å². The van der Waals surface area contributed by atoms with E-state index in [0.717, 1.165) is 48.0 Å². The van der Waals surface area contributed by atoms with E-state index in [1.807, 2.05) is 24.3 Å². The molecule has 2 aromatic carbocycles. The van der Waals surface area contributed by atoms with E-state index < -0.39 is 0 Å². The molecule has 3 fully saturated rings. The third-order valence-corrected chi connectivity index (χ3v) is 10.3. The maximum Gasteiger partial charge on any atom is 0.305 e. The van der Waals surface area contributed by atoms with Crippen LogP contribution in [0.3, 0.4) is 0 Å². The molecule has 0 spiro atoms. The van der Waals surface area contributed by atoms with Crippen molar-refractivity contribution in [2.45, 2.75) is 70.1 Å². The summed E-state index contributed by atoms with van der Waals surface area (Å²) in [6.07, 6.45) is 9.41. The largest absolute Gasteiger partial charge is 0.469 e. The maximum absolute atomic E-state index is 14.6. The van der Waals surface area contributed by atoms with Crippen LogP contribution in [-0.4, -0.2) is 59.2 Å². The van der Waals surface area contributed by atoms with E-state index in [2.05, 4.69) is 20.6 Å². The Bertz CT molecular complexity index is 1360. The highest BCUT2D eigenvalue weighted by Crippen LogP contribution is 2.44. The minimum Gasteiger partial charge on any atom is -0.469 e. The van der Waals surface area contributed by atoms with Gasteiger partial charge in [-0.15, -0.1) is 0 Å². The topological polar surface area (TPSA) is 37.7 Å². The van der Waals surface area contributed by atoms with E-state index in [1.54, 1.807) is 6.07 Å². The summed E-state index contributed by atoms with van der Waals surface area (Å²) in [4.78, 5) is 17.4. The summed E-state index contributed by atoms with van der Waals surface area (Å²) in [7, 11) is 1.46. The van der Waals surface area contributed by atoms with E-state index >= 15 is 0 Å². The third-order valence-electron chi connectivity index (χ3n) is 9.58. The molecule has 3 aromatic rings. The van der Waals surface area contributed by atoms with Gasteiger partial charge in [-0.05, 0) is 99.3 Å². The van der Waals surface area contributed by atoms with Crippen molar-refractivity contribution in [2.24, 2.45) is 11.8 Å². The molecule has 3 aliphatic heterocycles. The molecular formula is C32H38Cl2FN3O2. The molecule has 4 atom stereocenters. The number of esters is 1. The summed E-state index contributed by atoms with van der Waals surface area (Å²) in [5, 5.41) is 2.20. The molecule has 0 saturated carbocycles. The predicted molar refractivity (Wildman–Crippen MR) is 158 cm³/mol. The van der Waals surface area contributed by atoms with Crippen molar-refractivity contribution < 1.29 is 13.9 Å². The van der Waals surface area contributed by atoms with Crippen molar-refractivity contribution in [2.75, 3.05) is 26.7 Å². The summed E-state index contributed by atoms with van der Waals surface area (Å²) in [6.45, 7) is 4.74. The highest BCUT2D eigenvalue weighted by molar-refractivity contribution is 6.36. The van der Waals surface area contributed by atoms with Gasteiger partial charge in [-0.1, -0.05) is 29.3 Å². The van der Waals surface area contributed by atoms with Crippen molar-refractivity contribution in [3.8, 4) is 0 Å². The number of likely N-dealkylation sites (tertiary alicyclic amines) is 1. The van der Waals surface area contributed by atoms with Gasteiger partial charge in [0.1, 0.15) is 5.82 Å². The fourth-order valence-electron chi connectivity index (χ4n) is 7.89. The van der Waals surface area contributed by atoms with Crippen LogP contribution in [0.5, 0.6) is 0 Å². The number of benzene rings is 2. The Balaban J connectivity index is 1.33. The number of ether oxygens (including phenoxy) is 1. The van der Waals surface area contributed by atoms with Crippen LogP contribution >= 0.6 is 23.2 Å². The van der Waals surface area contributed by atoms with Crippen LogP contribution in [0.2, 0.25) is 10.0 Å². The van der Waals surface area contributed by atoms with Gasteiger partial charge in [-0.2, -0.15) is 0 Å². The van der Waals surface area contributed by atoms with Crippen molar-refractivity contribution in [1.82, 2.24) is 14.4 Å². The number of carbonyl (C=O) groups is 1. The second-order valence-corrected chi connectivity index (χ2v) is 12.7. The molecule has 0 amide bonds. The van der Waals surface area contributed by atoms with E-state index in [0.29, 0.717) is 46.9 Å². The average Bonchev–Trinajstić information content (AvgIpc) is 3.28. The van der Waals surface area contributed by atoms with Gasteiger partial charge in [0.15, 0.2) is 0 Å². The predicted octanol–water partition coefficient (Wildman–Crippen LogP) is 7.15. The number of piperidine rings is 3. The van der Waals surface area contributed by atoms with Gasteiger partial charge in [0.05, 0.1) is 13.7 Å². The SMILES string of the molecule is COC(=O)CCC[C@@H]1[C@H]2CCCN3CCC[C@H](CN1Cc1cn(Cc4c(Cl)cccc4Cl)c4ccc(F)cc14)[C@@H]23. The first kappa shape index (κ1) is 28.0. The zero-order valence-corrected chi connectivity index (χ0v) is 24.6. The lowest BCUT2D eigenvalue weighted by Crippen LogP contribution is -2.64. The molecule has 0 N–H and O–H groups in total. The fraction of sp³-hybridized carbons (Fsp3) is 0.531. The Kier molecular flexibility index (Phi) is 8.41. The molecule has 0 aliphatic carbocycles. The molecule has 6 rings (SSSR count). The number of rotatable bonds is 8. The summed E-state index contributed by atoms with van der Waals surface area (Å²) in [5.74, 6) is 0.881. The number of hydrogen-bond donors (Lipinski definition) is 0. The van der Waals surface area contributed by atoms with Crippen LogP contribution in [-0.2, 0) is 22.6 Å². The first-order chi connectivity index (χ1) is 19.4. The van der Waals surface area contributed by atoms with Gasteiger partial charge >= 0.3 is 5.97 Å². The van der Waals surface area contributed by atoms with Gasteiger partial charge in [0, 0.05) is 64.3 Å². The highest BCUT2D eigenvalue weighted by Gasteiger charge is 2.48. The number of carbonyl (C=O) groups excluding carboxylic acids is 1. The molecule has 0 radical (unpaired) electrons. The zero-order chi connectivity index (χ0) is 27.8. The van der Waals surface area contributed by atoms with Gasteiger partial charge in [-0.3, -0.25) is 14.6 Å². The van der Waals surface area contributed by atoms with E-state index in [1.165, 1.54) is 51.9 Å². The molecule has 5 nitrogen and oxygen atoms in total. The molecule has 0 bridgehead atoms. The fourth-order valence-corrected chi connectivity index (χ4v) is 8.41. The second-order valence-electron chi connectivity index (χ2n) is 11.8. The smallest absolute Gasteiger partial charge is 0.305 e. The Hall–Kier alpha value is -2.12. The van der Waals surface area contributed by atoms with E-state index in [-0.39, 0.29) is 11.8 Å². The monoisotopic (exact) mass is 585 g/mol. The summed E-state index contributed by atoms with van der Waals surface area (Å²) < 4.78 is 21.7. The Morgan fingerprint density at radius 2 is 1.85 bits per heavy atom. The Morgan fingerprint density at radius 1 is 1.07 bits per heavy atom. The summed E-state index contributed by atoms with van der Waals surface area (Å²) in [6, 6.07) is 11.6. The highest BCUT2D eigenvalue weighted by atomic mass is 35.5. The third kappa shape index (κ3) is 5.53. The lowest BCUT2D eigenvalue weighted by Gasteiger charge is -2.57. The van der Waals surface area contributed by atoms with E-state index in [4.69, 9.17) is 27.9 Å². The van der Waals surface area contributed by atoms with Crippen LogP contribution in [0.15, 0.2) is 42.6 Å². The maximum atomic E-state index is 14.6.